The lowest BCUT2D eigenvalue weighted by molar-refractivity contribution is -0.135. The molecule has 0 saturated carbocycles. The Kier molecular flexibility index (Phi) is 6.97. The summed E-state index contributed by atoms with van der Waals surface area (Å²) in [7, 11) is 1.43. The average molecular weight is 226 g/mol. The van der Waals surface area contributed by atoms with Gasteiger partial charge >= 0.3 is 20.1 Å². The van der Waals surface area contributed by atoms with E-state index in [1.807, 2.05) is 0 Å². The number of carbonyl (C=O) groups is 1. The maximum atomic E-state index is 11.4. The maximum Gasteiger partial charge on any atom is 0.317 e. The second-order valence-corrected chi connectivity index (χ2v) is 8.01. The summed E-state index contributed by atoms with van der Waals surface area (Å²) in [5.41, 5.74) is 0. The van der Waals surface area contributed by atoms with Gasteiger partial charge in [0, 0.05) is 0 Å². The third kappa shape index (κ3) is 6.02. The van der Waals surface area contributed by atoms with Gasteiger partial charge in [-0.25, -0.2) is 4.79 Å². The van der Waals surface area contributed by atoms with E-state index in [9.17, 15) is 4.79 Å². The molecule has 0 aliphatic carbocycles. The lowest BCUT2D eigenvalue weighted by Crippen LogP contribution is -2.26. The van der Waals surface area contributed by atoms with Gasteiger partial charge in [0.2, 0.25) is 0 Å². The van der Waals surface area contributed by atoms with E-state index in [1.54, 1.807) is 0 Å². The van der Waals surface area contributed by atoms with Crippen LogP contribution in [0.1, 0.15) is 27.7 Å². The predicted octanol–water partition coefficient (Wildman–Crippen LogP) is 3.06. The summed E-state index contributed by atoms with van der Waals surface area (Å²) >= 11 is -1.19. The molecule has 0 aromatic rings. The van der Waals surface area contributed by atoms with Crippen molar-refractivity contribution >= 4 is 20.1 Å². The molecule has 0 radical (unpaired) electrons. The van der Waals surface area contributed by atoms with Gasteiger partial charge in [-0.2, -0.15) is 0 Å². The van der Waals surface area contributed by atoms with Crippen molar-refractivity contribution in [1.29, 1.82) is 0 Å². The molecule has 0 aliphatic rings. The summed E-state index contributed by atoms with van der Waals surface area (Å²) in [4.78, 5) is 11.4. The topological polar surface area (TPSA) is 26.3 Å². The molecular formula is C12H23AlO2. The van der Waals surface area contributed by atoms with Crippen LogP contribution in [-0.2, 0) is 9.53 Å². The Morgan fingerprint density at radius 2 is 1.60 bits per heavy atom. The standard InChI is InChI=1S/C4H5O2.2C4H9.Al/c1-3-4(5)6-2;2*1-4(2)3;/h1H2,2H3;2*4H,1H2,2-3H3;. The Balaban J connectivity index is 4.47. The van der Waals surface area contributed by atoms with Crippen molar-refractivity contribution in [2.24, 2.45) is 11.8 Å². The van der Waals surface area contributed by atoms with Gasteiger partial charge in [-0.1, -0.05) is 50.1 Å². The number of esters is 1. The Hall–Kier alpha value is -0.258. The van der Waals surface area contributed by atoms with Crippen molar-refractivity contribution in [3.05, 3.63) is 11.0 Å². The summed E-state index contributed by atoms with van der Waals surface area (Å²) in [5, 5.41) is 2.29. The zero-order valence-corrected chi connectivity index (χ0v) is 11.8. The lowest BCUT2D eigenvalue weighted by Gasteiger charge is -2.17. The van der Waals surface area contributed by atoms with Gasteiger partial charge in [0.15, 0.2) is 0 Å². The second-order valence-electron chi connectivity index (χ2n) is 4.97. The Morgan fingerprint density at radius 3 is 1.87 bits per heavy atom. The first-order valence-electron chi connectivity index (χ1n) is 5.65. The molecule has 0 fully saturated rings. The molecule has 0 unspecified atom stereocenters. The molecule has 0 rings (SSSR count). The Bertz CT molecular complexity index is 212. The largest absolute Gasteiger partial charge is 0.467 e. The van der Waals surface area contributed by atoms with Crippen LogP contribution in [0.2, 0.25) is 10.6 Å². The highest BCUT2D eigenvalue weighted by Crippen LogP contribution is 2.20. The van der Waals surface area contributed by atoms with E-state index >= 15 is 0 Å². The first kappa shape index (κ1) is 14.7. The van der Waals surface area contributed by atoms with Crippen LogP contribution in [0.25, 0.3) is 0 Å². The van der Waals surface area contributed by atoms with E-state index < -0.39 is 14.1 Å². The Morgan fingerprint density at radius 1 is 1.20 bits per heavy atom. The van der Waals surface area contributed by atoms with Crippen LogP contribution in [0.5, 0.6) is 0 Å². The minimum atomic E-state index is -1.19. The van der Waals surface area contributed by atoms with Crippen LogP contribution in [0.15, 0.2) is 11.0 Å². The van der Waals surface area contributed by atoms with Crippen molar-refractivity contribution in [1.82, 2.24) is 0 Å². The summed E-state index contributed by atoms with van der Waals surface area (Å²) < 4.78 is 5.52. The molecule has 0 spiro atoms. The maximum absolute atomic E-state index is 11.4. The second kappa shape index (κ2) is 7.09. The summed E-state index contributed by atoms with van der Waals surface area (Å²) in [5.74, 6) is 1.08. The number of carbonyl (C=O) groups excluding carboxylic acids is 1. The molecule has 15 heavy (non-hydrogen) atoms. The summed E-state index contributed by atoms with van der Waals surface area (Å²) in [6.07, 6.45) is 0. The molecule has 0 bridgehead atoms. The number of ether oxygens (including phenoxy) is 1. The van der Waals surface area contributed by atoms with Gasteiger partial charge in [0.05, 0.1) is 7.11 Å². The highest BCUT2D eigenvalue weighted by atomic mass is 27.2. The smallest absolute Gasteiger partial charge is 0.317 e. The monoisotopic (exact) mass is 226 g/mol. The third-order valence-electron chi connectivity index (χ3n) is 2.45. The number of hydrogen-bond acceptors (Lipinski definition) is 2. The zero-order chi connectivity index (χ0) is 12.0. The molecule has 0 atom stereocenters. The SMILES string of the molecule is C=[C](C(=O)OC)[Al]([CH2]C(C)C)[CH2]C(C)C. The van der Waals surface area contributed by atoms with E-state index in [4.69, 9.17) is 4.74 Å². The van der Waals surface area contributed by atoms with Crippen LogP contribution in [-0.4, -0.2) is 27.2 Å². The van der Waals surface area contributed by atoms with Crippen LogP contribution < -0.4 is 0 Å². The summed E-state index contributed by atoms with van der Waals surface area (Å²) in [6.45, 7) is 12.7. The molecule has 0 N–H and O–H groups in total. The predicted molar refractivity (Wildman–Crippen MR) is 66.2 cm³/mol. The Labute approximate surface area is 98.1 Å². The number of hydrogen-bond donors (Lipinski definition) is 0. The molecule has 0 aromatic carbocycles. The van der Waals surface area contributed by atoms with Gasteiger partial charge in [-0.15, -0.1) is 6.58 Å². The first-order chi connectivity index (χ1) is 6.88. The van der Waals surface area contributed by atoms with Crippen LogP contribution in [0, 0.1) is 11.8 Å². The van der Waals surface area contributed by atoms with Crippen molar-refractivity contribution in [2.45, 2.75) is 38.3 Å². The highest BCUT2D eigenvalue weighted by molar-refractivity contribution is 6.71. The minimum absolute atomic E-state index is 0.201. The lowest BCUT2D eigenvalue weighted by atomic mass is 10.3. The minimum Gasteiger partial charge on any atom is -0.467 e. The van der Waals surface area contributed by atoms with Gasteiger partial charge < -0.3 is 4.74 Å². The highest BCUT2D eigenvalue weighted by Gasteiger charge is 2.27. The van der Waals surface area contributed by atoms with E-state index in [0.29, 0.717) is 11.8 Å². The third-order valence-corrected chi connectivity index (χ3v) is 6.70. The van der Waals surface area contributed by atoms with E-state index in [-0.39, 0.29) is 5.97 Å². The fourth-order valence-electron chi connectivity index (χ4n) is 1.82. The summed E-state index contributed by atoms with van der Waals surface area (Å²) in [6, 6.07) is 0. The molecule has 2 nitrogen and oxygen atoms in total. The van der Waals surface area contributed by atoms with E-state index in [2.05, 4.69) is 34.3 Å². The normalized spacial score (nSPS) is 10.6. The fourth-order valence-corrected chi connectivity index (χ4v) is 5.31. The van der Waals surface area contributed by atoms with Crippen LogP contribution in [0.4, 0.5) is 0 Å². The van der Waals surface area contributed by atoms with Crippen molar-refractivity contribution in [3.8, 4) is 0 Å². The molecule has 0 heterocycles. The first-order valence-corrected chi connectivity index (χ1v) is 7.86. The average Bonchev–Trinajstić information content (AvgIpc) is 2.13. The van der Waals surface area contributed by atoms with E-state index in [1.165, 1.54) is 7.11 Å². The molecular weight excluding hydrogens is 203 g/mol. The van der Waals surface area contributed by atoms with Crippen LogP contribution in [0.3, 0.4) is 0 Å². The zero-order valence-electron chi connectivity index (χ0n) is 10.7. The fraction of sp³-hybridized carbons (Fsp3) is 0.750. The van der Waals surface area contributed by atoms with E-state index in [0.717, 1.165) is 15.0 Å². The van der Waals surface area contributed by atoms with Crippen LogP contribution >= 0.6 is 0 Å². The number of methoxy groups -OCH3 is 1. The molecule has 0 aromatic heterocycles. The molecule has 86 valence electrons. The van der Waals surface area contributed by atoms with Crippen molar-refractivity contribution in [3.63, 3.8) is 0 Å². The molecule has 0 aliphatic heterocycles. The quantitative estimate of drug-likeness (QED) is 0.395. The molecule has 0 amide bonds. The van der Waals surface area contributed by atoms with Gasteiger partial charge in [0.25, 0.3) is 0 Å². The van der Waals surface area contributed by atoms with Gasteiger partial charge in [-0.05, 0) is 4.44 Å². The van der Waals surface area contributed by atoms with Gasteiger partial charge in [0.1, 0.15) is 0 Å². The van der Waals surface area contributed by atoms with Crippen molar-refractivity contribution < 1.29 is 9.53 Å². The molecule has 0 saturated heterocycles. The van der Waals surface area contributed by atoms with Crippen molar-refractivity contribution in [2.75, 3.05) is 7.11 Å². The van der Waals surface area contributed by atoms with Gasteiger partial charge in [-0.3, -0.25) is 0 Å². The molecule has 3 heteroatoms. The number of rotatable bonds is 6.